The summed E-state index contributed by atoms with van der Waals surface area (Å²) in [5, 5.41) is 0.779. The van der Waals surface area contributed by atoms with Crippen LogP contribution >= 0.6 is 11.3 Å². The monoisotopic (exact) mass is 446 g/mol. The summed E-state index contributed by atoms with van der Waals surface area (Å²) in [6.07, 6.45) is 2.24. The molecule has 3 rings (SSSR count). The zero-order valence-corrected chi connectivity index (χ0v) is 18.3. The number of sulfonamides is 1. The molecule has 1 saturated heterocycles. The van der Waals surface area contributed by atoms with Crippen molar-refractivity contribution in [3.8, 4) is 0 Å². The molecule has 0 spiro atoms. The largest absolute Gasteiger partial charge is 0.345 e. The highest BCUT2D eigenvalue weighted by Crippen LogP contribution is 2.31. The van der Waals surface area contributed by atoms with Gasteiger partial charge in [0.25, 0.3) is 0 Å². The molecule has 2 aromatic rings. The molecule has 0 saturated carbocycles. The van der Waals surface area contributed by atoms with Crippen LogP contribution in [-0.2, 0) is 24.7 Å². The highest BCUT2D eigenvalue weighted by atomic mass is 32.2. The third-order valence-corrected chi connectivity index (χ3v) is 8.05. The summed E-state index contributed by atoms with van der Waals surface area (Å²) < 4.78 is 48.2. The topological polar surface area (TPSA) is 108 Å². The van der Waals surface area contributed by atoms with Gasteiger partial charge in [-0.15, -0.1) is 0 Å². The minimum absolute atomic E-state index is 0.172. The molecule has 1 aliphatic heterocycles. The van der Waals surface area contributed by atoms with Gasteiger partial charge in [0.1, 0.15) is 0 Å². The van der Waals surface area contributed by atoms with Crippen LogP contribution in [0.1, 0.15) is 0 Å². The van der Waals surface area contributed by atoms with Crippen molar-refractivity contribution in [1.29, 1.82) is 0 Å². The number of anilines is 1. The Labute approximate surface area is 168 Å². The lowest BCUT2D eigenvalue weighted by molar-refractivity contribution is -0.131. The fraction of sp³-hybridized carbons (Fsp3) is 0.500. The van der Waals surface area contributed by atoms with E-state index in [0.717, 1.165) is 25.9 Å². The Morgan fingerprint density at radius 1 is 1.14 bits per heavy atom. The van der Waals surface area contributed by atoms with Crippen LogP contribution in [0.25, 0.3) is 10.2 Å². The molecule has 9 nitrogen and oxygen atoms in total. The Morgan fingerprint density at radius 2 is 1.79 bits per heavy atom. The van der Waals surface area contributed by atoms with Crippen molar-refractivity contribution in [3.05, 3.63) is 18.2 Å². The van der Waals surface area contributed by atoms with E-state index in [2.05, 4.69) is 9.88 Å². The van der Waals surface area contributed by atoms with Crippen LogP contribution in [0.2, 0.25) is 0 Å². The van der Waals surface area contributed by atoms with E-state index in [1.165, 1.54) is 24.6 Å². The van der Waals surface area contributed by atoms with Crippen LogP contribution in [0, 0.1) is 0 Å². The summed E-state index contributed by atoms with van der Waals surface area (Å²) in [7, 11) is -5.28. The molecular weight excluding hydrogens is 424 g/mol. The molecule has 1 aromatic carbocycles. The number of benzene rings is 1. The van der Waals surface area contributed by atoms with Gasteiger partial charge in [0.05, 0.1) is 27.9 Å². The number of carbonyl (C=O) groups excluding carboxylic acids is 1. The molecule has 1 amide bonds. The van der Waals surface area contributed by atoms with E-state index < -0.39 is 19.9 Å². The molecule has 2 heterocycles. The number of hydrogen-bond acceptors (Lipinski definition) is 8. The van der Waals surface area contributed by atoms with Gasteiger partial charge in [-0.2, -0.15) is 4.31 Å². The first-order chi connectivity index (χ1) is 12.9. The molecular formula is C16H22N4O5S3. The normalized spacial score (nSPS) is 16.1. The predicted octanol–water partition coefficient (Wildman–Crippen LogP) is 0.240. The molecule has 1 fully saturated rings. The smallest absolute Gasteiger partial charge is 0.238 e. The Hall–Kier alpha value is -1.76. The van der Waals surface area contributed by atoms with Crippen molar-refractivity contribution in [3.63, 3.8) is 0 Å². The summed E-state index contributed by atoms with van der Waals surface area (Å²) >= 11 is 1.42. The van der Waals surface area contributed by atoms with Crippen molar-refractivity contribution in [2.24, 2.45) is 0 Å². The number of fused-ring (bicyclic) bond motifs is 1. The van der Waals surface area contributed by atoms with Gasteiger partial charge in [0.2, 0.25) is 15.9 Å². The predicted molar refractivity (Wildman–Crippen MR) is 109 cm³/mol. The van der Waals surface area contributed by atoms with Crippen LogP contribution in [0.15, 0.2) is 23.1 Å². The summed E-state index contributed by atoms with van der Waals surface area (Å²) in [5.74, 6) is -0.227. The number of thiazole rings is 1. The van der Waals surface area contributed by atoms with E-state index in [1.807, 2.05) is 0 Å². The van der Waals surface area contributed by atoms with Crippen molar-refractivity contribution >= 4 is 52.5 Å². The number of carbonyl (C=O) groups is 1. The van der Waals surface area contributed by atoms with Gasteiger partial charge in [-0.25, -0.2) is 21.8 Å². The fourth-order valence-corrected chi connectivity index (χ4v) is 4.94. The number of sulfone groups is 1. The lowest BCUT2D eigenvalue weighted by Gasteiger charge is -2.35. The van der Waals surface area contributed by atoms with Gasteiger partial charge in [-0.1, -0.05) is 11.3 Å². The molecule has 0 aliphatic carbocycles. The molecule has 0 atom stereocenters. The van der Waals surface area contributed by atoms with Crippen LogP contribution < -0.4 is 4.90 Å². The maximum Gasteiger partial charge on any atom is 0.238 e. The summed E-state index contributed by atoms with van der Waals surface area (Å²) in [4.78, 5) is 20.8. The Balaban J connectivity index is 1.67. The number of likely N-dealkylation sites (N-methyl/N-ethyl adjacent to an activating group) is 1. The average molecular weight is 447 g/mol. The number of piperazine rings is 1. The highest BCUT2D eigenvalue weighted by molar-refractivity contribution is 7.90. The Kier molecular flexibility index (Phi) is 5.67. The van der Waals surface area contributed by atoms with E-state index in [1.54, 1.807) is 23.1 Å². The fourth-order valence-electron chi connectivity index (χ4n) is 2.81. The summed E-state index contributed by atoms with van der Waals surface area (Å²) in [6.45, 7) is 1.93. The third kappa shape index (κ3) is 4.62. The van der Waals surface area contributed by atoms with Gasteiger partial charge >= 0.3 is 0 Å². The molecule has 1 aliphatic rings. The minimum Gasteiger partial charge on any atom is -0.345 e. The van der Waals surface area contributed by atoms with Crippen LogP contribution in [-0.4, -0.2) is 89.2 Å². The quantitative estimate of drug-likeness (QED) is 0.647. The van der Waals surface area contributed by atoms with Crippen molar-refractivity contribution in [1.82, 2.24) is 14.2 Å². The van der Waals surface area contributed by atoms with Crippen LogP contribution in [0.5, 0.6) is 0 Å². The maximum absolute atomic E-state index is 12.3. The second-order valence-corrected chi connectivity index (χ2v) is 11.9. The zero-order valence-electron chi connectivity index (χ0n) is 15.8. The first kappa shape index (κ1) is 21.0. The number of aromatic nitrogens is 1. The number of hydrogen-bond donors (Lipinski definition) is 0. The number of rotatable bonds is 5. The molecule has 1 aromatic heterocycles. The van der Waals surface area contributed by atoms with Crippen molar-refractivity contribution in [2.45, 2.75) is 4.90 Å². The summed E-state index contributed by atoms with van der Waals surface area (Å²) in [6, 6.07) is 4.88. The molecule has 28 heavy (non-hydrogen) atoms. The first-order valence-corrected chi connectivity index (χ1v) is 13.1. The molecule has 0 unspecified atom stereocenters. The van der Waals surface area contributed by atoms with Crippen molar-refractivity contribution < 1.29 is 21.6 Å². The number of amides is 1. The lowest BCUT2D eigenvalue weighted by Crippen LogP contribution is -2.51. The zero-order chi connectivity index (χ0) is 20.7. The Bertz CT molecular complexity index is 1100. The first-order valence-electron chi connectivity index (χ1n) is 8.50. The molecule has 12 heteroatoms. The summed E-state index contributed by atoms with van der Waals surface area (Å²) in [5.41, 5.74) is 0.737. The average Bonchev–Trinajstić information content (AvgIpc) is 3.03. The van der Waals surface area contributed by atoms with E-state index in [-0.39, 0.29) is 17.3 Å². The highest BCUT2D eigenvalue weighted by Gasteiger charge is 2.25. The SMILES string of the molecule is CN(CC(=O)N1CCN(c2nc3ccc(S(C)(=O)=O)cc3s2)CC1)S(C)(=O)=O. The molecule has 0 N–H and O–H groups in total. The van der Waals surface area contributed by atoms with E-state index in [0.29, 0.717) is 26.2 Å². The molecule has 0 bridgehead atoms. The lowest BCUT2D eigenvalue weighted by atomic mass is 10.3. The van der Waals surface area contributed by atoms with Gasteiger partial charge < -0.3 is 9.80 Å². The van der Waals surface area contributed by atoms with E-state index in [9.17, 15) is 21.6 Å². The van der Waals surface area contributed by atoms with Gasteiger partial charge in [0, 0.05) is 39.5 Å². The van der Waals surface area contributed by atoms with Gasteiger partial charge in [-0.05, 0) is 18.2 Å². The maximum atomic E-state index is 12.3. The van der Waals surface area contributed by atoms with E-state index >= 15 is 0 Å². The van der Waals surface area contributed by atoms with Gasteiger partial charge in [0.15, 0.2) is 15.0 Å². The minimum atomic E-state index is -3.39. The Morgan fingerprint density at radius 3 is 2.36 bits per heavy atom. The second kappa shape index (κ2) is 7.58. The third-order valence-electron chi connectivity index (χ3n) is 4.60. The molecule has 0 radical (unpaired) electrons. The standard InChI is InChI=1S/C16H22N4O5S3/c1-18(28(3,24)25)11-15(21)19-6-8-20(9-7-19)16-17-13-5-4-12(27(2,22)23)10-14(13)26-16/h4-5,10H,6-9,11H2,1-3H3. The van der Waals surface area contributed by atoms with Gasteiger partial charge in [-0.3, -0.25) is 4.79 Å². The number of nitrogens with zero attached hydrogens (tertiary/aromatic N) is 4. The molecule has 154 valence electrons. The van der Waals surface area contributed by atoms with Crippen LogP contribution in [0.3, 0.4) is 0 Å². The van der Waals surface area contributed by atoms with Crippen molar-refractivity contribution in [2.75, 3.05) is 57.2 Å². The second-order valence-electron chi connectivity index (χ2n) is 6.79. The van der Waals surface area contributed by atoms with E-state index in [4.69, 9.17) is 0 Å². The van der Waals surface area contributed by atoms with Crippen LogP contribution in [0.4, 0.5) is 5.13 Å².